The van der Waals surface area contributed by atoms with Crippen LogP contribution in [-0.4, -0.2) is 53.3 Å². The largest absolute Gasteiger partial charge is 0.496 e. The minimum Gasteiger partial charge on any atom is -0.496 e. The van der Waals surface area contributed by atoms with E-state index in [4.69, 9.17) is 13.9 Å². The van der Waals surface area contributed by atoms with Gasteiger partial charge in [0.1, 0.15) is 22.8 Å². The first-order chi connectivity index (χ1) is 19.4. The normalized spacial score (nSPS) is 20.5. The number of nitrogens with zero attached hydrogens (tertiary/aromatic N) is 2. The van der Waals surface area contributed by atoms with Crippen molar-refractivity contribution in [1.29, 1.82) is 0 Å². The Kier molecular flexibility index (Phi) is 7.06. The predicted octanol–water partition coefficient (Wildman–Crippen LogP) is 6.20. The van der Waals surface area contributed by atoms with Crippen molar-refractivity contribution in [2.75, 3.05) is 25.6 Å². The molecule has 1 aromatic heterocycles. The Hall–Kier alpha value is -4.11. The van der Waals surface area contributed by atoms with E-state index in [2.05, 4.69) is 27.3 Å². The van der Waals surface area contributed by atoms with Gasteiger partial charge < -0.3 is 24.3 Å². The number of oxazole rings is 1. The molecule has 0 radical (unpaired) electrons. The van der Waals surface area contributed by atoms with E-state index in [1.807, 2.05) is 6.92 Å². The summed E-state index contributed by atoms with van der Waals surface area (Å²) in [5, 5.41) is 12.7. The van der Waals surface area contributed by atoms with Gasteiger partial charge in [0.15, 0.2) is 5.58 Å². The summed E-state index contributed by atoms with van der Waals surface area (Å²) in [5.41, 5.74) is 4.06. The van der Waals surface area contributed by atoms with Gasteiger partial charge in [-0.1, -0.05) is 12.1 Å². The molecular formula is C31H32FN3O5. The molecule has 3 atom stereocenters. The molecule has 8 nitrogen and oxygen atoms in total. The number of halogens is 1. The Morgan fingerprint density at radius 3 is 2.67 bits per heavy atom. The van der Waals surface area contributed by atoms with E-state index in [1.54, 1.807) is 25.3 Å². The third kappa shape index (κ3) is 4.97. The van der Waals surface area contributed by atoms with Gasteiger partial charge in [-0.2, -0.15) is 4.98 Å². The SMILES string of the molecule is CCOc1cc(CN2CC[C@H]3C(Nc4nc5ccc(C(=O)O)cc5o4)CC[C@H]32)cc(OC)c1-c1ccc(F)cc1. The van der Waals surface area contributed by atoms with E-state index >= 15 is 0 Å². The fourth-order valence-electron chi connectivity index (χ4n) is 6.33. The molecule has 0 spiro atoms. The molecule has 1 unspecified atom stereocenters. The second kappa shape index (κ2) is 10.8. The fourth-order valence-corrected chi connectivity index (χ4v) is 6.33. The second-order valence-corrected chi connectivity index (χ2v) is 10.4. The van der Waals surface area contributed by atoms with Crippen molar-refractivity contribution in [1.82, 2.24) is 9.88 Å². The molecule has 2 aliphatic rings. The summed E-state index contributed by atoms with van der Waals surface area (Å²) >= 11 is 0. The lowest BCUT2D eigenvalue weighted by atomic mass is 9.99. The summed E-state index contributed by atoms with van der Waals surface area (Å²) in [6.45, 7) is 4.21. The van der Waals surface area contributed by atoms with Crippen molar-refractivity contribution in [2.45, 2.75) is 44.8 Å². The Balaban J connectivity index is 1.18. The molecule has 0 amide bonds. The molecule has 1 aliphatic carbocycles. The van der Waals surface area contributed by atoms with Crippen LogP contribution in [0.15, 0.2) is 59.0 Å². The van der Waals surface area contributed by atoms with E-state index in [-0.39, 0.29) is 17.4 Å². The first-order valence-electron chi connectivity index (χ1n) is 13.7. The number of nitrogens with one attached hydrogen (secondary N) is 1. The van der Waals surface area contributed by atoms with Crippen molar-refractivity contribution >= 4 is 23.1 Å². The quantitative estimate of drug-likeness (QED) is 0.257. The average molecular weight is 546 g/mol. The lowest BCUT2D eigenvalue weighted by Crippen LogP contribution is -2.32. The summed E-state index contributed by atoms with van der Waals surface area (Å²) in [5.74, 6) is 0.613. The van der Waals surface area contributed by atoms with Gasteiger partial charge in [-0.15, -0.1) is 0 Å². The van der Waals surface area contributed by atoms with Gasteiger partial charge in [-0.05, 0) is 92.2 Å². The third-order valence-electron chi connectivity index (χ3n) is 8.11. The summed E-state index contributed by atoms with van der Waals surface area (Å²) in [7, 11) is 1.65. The van der Waals surface area contributed by atoms with Crippen molar-refractivity contribution in [3.05, 3.63) is 71.5 Å². The maximum atomic E-state index is 13.6. The van der Waals surface area contributed by atoms with Crippen molar-refractivity contribution in [2.24, 2.45) is 5.92 Å². The number of methoxy groups -OCH3 is 1. The van der Waals surface area contributed by atoms with E-state index in [9.17, 15) is 14.3 Å². The highest BCUT2D eigenvalue weighted by molar-refractivity contribution is 5.92. The maximum Gasteiger partial charge on any atom is 0.335 e. The Labute approximate surface area is 231 Å². The number of fused-ring (bicyclic) bond motifs is 2. The minimum absolute atomic E-state index is 0.178. The number of carbonyl (C=O) groups is 1. The van der Waals surface area contributed by atoms with Crippen LogP contribution in [0.5, 0.6) is 11.5 Å². The first kappa shape index (κ1) is 26.1. The lowest BCUT2D eigenvalue weighted by molar-refractivity contribution is 0.0697. The van der Waals surface area contributed by atoms with E-state index < -0.39 is 5.97 Å². The van der Waals surface area contributed by atoms with Crippen LogP contribution in [0, 0.1) is 11.7 Å². The Bertz CT molecular complexity index is 1540. The molecule has 6 rings (SSSR count). The summed E-state index contributed by atoms with van der Waals surface area (Å²) in [4.78, 5) is 18.3. The number of carboxylic acids is 1. The van der Waals surface area contributed by atoms with Gasteiger partial charge >= 0.3 is 5.97 Å². The highest BCUT2D eigenvalue weighted by Crippen LogP contribution is 2.43. The molecule has 1 saturated heterocycles. The highest BCUT2D eigenvalue weighted by Gasteiger charge is 2.44. The smallest absolute Gasteiger partial charge is 0.335 e. The second-order valence-electron chi connectivity index (χ2n) is 10.4. The number of likely N-dealkylation sites (tertiary alicyclic amines) is 1. The zero-order valence-corrected chi connectivity index (χ0v) is 22.5. The van der Waals surface area contributed by atoms with Crippen LogP contribution in [0.3, 0.4) is 0 Å². The molecule has 2 heterocycles. The van der Waals surface area contributed by atoms with Gasteiger partial charge in [-0.3, -0.25) is 4.90 Å². The number of anilines is 1. The number of rotatable bonds is 9. The molecule has 2 N–H and O–H groups in total. The number of carboxylic acid groups (broad SMARTS) is 1. The van der Waals surface area contributed by atoms with Gasteiger partial charge in [0.25, 0.3) is 6.01 Å². The molecule has 1 aliphatic heterocycles. The molecule has 3 aromatic carbocycles. The first-order valence-corrected chi connectivity index (χ1v) is 13.7. The van der Waals surface area contributed by atoms with Crippen molar-refractivity contribution < 1.29 is 28.2 Å². The number of aromatic nitrogens is 1. The summed E-state index contributed by atoms with van der Waals surface area (Å²) < 4.78 is 31.2. The van der Waals surface area contributed by atoms with Crippen LogP contribution >= 0.6 is 0 Å². The Morgan fingerprint density at radius 2 is 1.93 bits per heavy atom. The standard InChI is InChI=1S/C31H32FN3O5/c1-3-39-28-15-18(14-27(38-2)29(28)19-4-7-21(32)8-5-19)17-35-13-12-22-23(10-11-25(22)35)33-31-34-24-9-6-20(30(36)37)16-26(24)40-31/h4-9,14-16,22-23,25H,3,10-13,17H2,1-2H3,(H,33,34)(H,36,37)/t22-,23?,25+/m0/s1. The number of ether oxygens (including phenoxy) is 2. The van der Waals surface area contributed by atoms with E-state index in [1.165, 1.54) is 24.3 Å². The highest BCUT2D eigenvalue weighted by atomic mass is 19.1. The molecule has 9 heteroatoms. The molecule has 208 valence electrons. The molecule has 1 saturated carbocycles. The van der Waals surface area contributed by atoms with Crippen LogP contribution < -0.4 is 14.8 Å². The van der Waals surface area contributed by atoms with Gasteiger partial charge in [0, 0.05) is 18.6 Å². The summed E-state index contributed by atoms with van der Waals surface area (Å²) in [6, 6.07) is 16.3. The third-order valence-corrected chi connectivity index (χ3v) is 8.11. The number of aromatic carboxylic acids is 1. The van der Waals surface area contributed by atoms with Crippen molar-refractivity contribution in [3.8, 4) is 22.6 Å². The average Bonchev–Trinajstić information content (AvgIpc) is 3.65. The minimum atomic E-state index is -0.992. The number of hydrogen-bond acceptors (Lipinski definition) is 7. The van der Waals surface area contributed by atoms with Gasteiger partial charge in [0.05, 0.1) is 24.8 Å². The van der Waals surface area contributed by atoms with Crippen LogP contribution in [-0.2, 0) is 6.54 Å². The number of benzene rings is 3. The van der Waals surface area contributed by atoms with Crippen molar-refractivity contribution in [3.63, 3.8) is 0 Å². The topological polar surface area (TPSA) is 97.1 Å². The molecule has 4 aromatic rings. The molecule has 40 heavy (non-hydrogen) atoms. The van der Waals surface area contributed by atoms with Crippen LogP contribution in [0.1, 0.15) is 42.1 Å². The zero-order chi connectivity index (χ0) is 27.8. The maximum absolute atomic E-state index is 13.6. The van der Waals surface area contributed by atoms with E-state index in [0.717, 1.165) is 54.8 Å². The summed E-state index contributed by atoms with van der Waals surface area (Å²) in [6.07, 6.45) is 3.13. The zero-order valence-electron chi connectivity index (χ0n) is 22.5. The molecular weight excluding hydrogens is 513 g/mol. The number of hydrogen-bond donors (Lipinski definition) is 2. The fraction of sp³-hybridized carbons (Fsp3) is 0.355. The predicted molar refractivity (Wildman–Crippen MR) is 149 cm³/mol. The molecule has 0 bridgehead atoms. The van der Waals surface area contributed by atoms with Gasteiger partial charge in [-0.25, -0.2) is 9.18 Å². The van der Waals surface area contributed by atoms with Crippen LogP contribution in [0.2, 0.25) is 0 Å². The lowest BCUT2D eigenvalue weighted by Gasteiger charge is -2.25. The van der Waals surface area contributed by atoms with E-state index in [0.29, 0.717) is 41.4 Å². The molecule has 2 fully saturated rings. The van der Waals surface area contributed by atoms with Crippen LogP contribution in [0.25, 0.3) is 22.2 Å². The Morgan fingerprint density at radius 1 is 1.12 bits per heavy atom. The van der Waals surface area contributed by atoms with Crippen LogP contribution in [0.4, 0.5) is 10.4 Å². The monoisotopic (exact) mass is 545 g/mol. The van der Waals surface area contributed by atoms with Gasteiger partial charge in [0.2, 0.25) is 0 Å².